The molecule has 0 saturated heterocycles. The van der Waals surface area contributed by atoms with Crippen LogP contribution < -0.4 is 0 Å². The number of fused-ring (bicyclic) bond motifs is 1. The van der Waals surface area contributed by atoms with E-state index < -0.39 is 5.60 Å². The van der Waals surface area contributed by atoms with Gasteiger partial charge in [-0.3, -0.25) is 5.10 Å². The highest BCUT2D eigenvalue weighted by Crippen LogP contribution is 2.47. The van der Waals surface area contributed by atoms with Crippen LogP contribution in [0, 0.1) is 0 Å². The van der Waals surface area contributed by atoms with Crippen LogP contribution in [0.5, 0.6) is 0 Å². The van der Waals surface area contributed by atoms with Gasteiger partial charge < -0.3 is 5.11 Å². The van der Waals surface area contributed by atoms with Crippen molar-refractivity contribution >= 4 is 10.8 Å². The lowest BCUT2D eigenvalue weighted by Gasteiger charge is -2.39. The number of benzene rings is 2. The molecule has 2 unspecified atom stereocenters. The minimum absolute atomic E-state index is 0.0571. The summed E-state index contributed by atoms with van der Waals surface area (Å²) in [6.07, 6.45) is 5.39. The third kappa shape index (κ3) is 2.03. The van der Waals surface area contributed by atoms with Crippen LogP contribution in [0.3, 0.4) is 0 Å². The highest BCUT2D eigenvalue weighted by atomic mass is 16.3. The van der Waals surface area contributed by atoms with Gasteiger partial charge in [-0.1, -0.05) is 55.3 Å². The van der Waals surface area contributed by atoms with E-state index in [2.05, 4.69) is 33.4 Å². The summed E-state index contributed by atoms with van der Waals surface area (Å²) >= 11 is 0. The average molecular weight is 293 g/mol. The van der Waals surface area contributed by atoms with Gasteiger partial charge in [-0.05, 0) is 29.2 Å². The fourth-order valence-electron chi connectivity index (χ4n) is 3.81. The van der Waals surface area contributed by atoms with Crippen LogP contribution in [0.2, 0.25) is 0 Å². The molecule has 0 amide bonds. The molecule has 2 aromatic carbocycles. The zero-order valence-electron chi connectivity index (χ0n) is 12.4. The first kappa shape index (κ1) is 13.5. The van der Waals surface area contributed by atoms with E-state index in [-0.39, 0.29) is 5.92 Å². The Morgan fingerprint density at radius 1 is 1.09 bits per heavy atom. The number of aromatic amines is 1. The fourth-order valence-corrected chi connectivity index (χ4v) is 3.81. The van der Waals surface area contributed by atoms with Crippen LogP contribution in [0.1, 0.15) is 43.0 Å². The minimum atomic E-state index is -0.901. The number of hydrogen-bond donors (Lipinski definition) is 2. The molecule has 22 heavy (non-hydrogen) atoms. The highest BCUT2D eigenvalue weighted by Gasteiger charge is 2.43. The summed E-state index contributed by atoms with van der Waals surface area (Å²) in [6.45, 7) is 0. The molecule has 0 radical (unpaired) electrons. The molecule has 112 valence electrons. The topological polar surface area (TPSA) is 61.8 Å². The SMILES string of the molecule is OC1(c2cccc3ccccc23)CCCCC1c1nc[nH]n1. The smallest absolute Gasteiger partial charge is 0.156 e. The number of rotatable bonds is 2. The van der Waals surface area contributed by atoms with Crippen molar-refractivity contribution in [3.05, 3.63) is 60.2 Å². The molecule has 0 aliphatic heterocycles. The molecule has 2 atom stereocenters. The molecular weight excluding hydrogens is 274 g/mol. The largest absolute Gasteiger partial charge is 0.384 e. The van der Waals surface area contributed by atoms with Crippen LogP contribution in [-0.4, -0.2) is 20.3 Å². The Labute approximate surface area is 129 Å². The number of H-pyrrole nitrogens is 1. The van der Waals surface area contributed by atoms with Crippen LogP contribution >= 0.6 is 0 Å². The monoisotopic (exact) mass is 293 g/mol. The lowest BCUT2D eigenvalue weighted by Crippen LogP contribution is -2.37. The zero-order chi connectivity index (χ0) is 15.0. The van der Waals surface area contributed by atoms with Gasteiger partial charge in [0, 0.05) is 0 Å². The van der Waals surface area contributed by atoms with E-state index in [1.54, 1.807) is 6.33 Å². The predicted molar refractivity (Wildman–Crippen MR) is 85.4 cm³/mol. The van der Waals surface area contributed by atoms with E-state index in [4.69, 9.17) is 0 Å². The van der Waals surface area contributed by atoms with Gasteiger partial charge in [0.25, 0.3) is 0 Å². The Balaban J connectivity index is 1.90. The summed E-state index contributed by atoms with van der Waals surface area (Å²) in [7, 11) is 0. The molecule has 4 rings (SSSR count). The van der Waals surface area contributed by atoms with Crippen molar-refractivity contribution < 1.29 is 5.11 Å². The van der Waals surface area contributed by atoms with Crippen LogP contribution in [0.25, 0.3) is 10.8 Å². The average Bonchev–Trinajstić information content (AvgIpc) is 3.09. The number of aromatic nitrogens is 3. The van der Waals surface area contributed by atoms with Crippen molar-refractivity contribution in [3.8, 4) is 0 Å². The van der Waals surface area contributed by atoms with E-state index in [0.717, 1.165) is 47.8 Å². The number of aliphatic hydroxyl groups is 1. The predicted octanol–water partition coefficient (Wildman–Crippen LogP) is 3.50. The van der Waals surface area contributed by atoms with E-state index in [1.165, 1.54) is 0 Å². The van der Waals surface area contributed by atoms with Gasteiger partial charge in [0.05, 0.1) is 5.92 Å². The molecule has 1 aliphatic carbocycles. The van der Waals surface area contributed by atoms with E-state index in [0.29, 0.717) is 0 Å². The fraction of sp³-hybridized carbons (Fsp3) is 0.333. The lowest BCUT2D eigenvalue weighted by molar-refractivity contribution is -0.0237. The van der Waals surface area contributed by atoms with Crippen molar-refractivity contribution in [2.45, 2.75) is 37.2 Å². The highest BCUT2D eigenvalue weighted by molar-refractivity contribution is 5.86. The number of hydrogen-bond acceptors (Lipinski definition) is 3. The Hall–Kier alpha value is -2.20. The standard InChI is InChI=1S/C18H19N3O/c22-18(11-4-3-9-16(18)17-19-12-20-21-17)15-10-5-7-13-6-1-2-8-14(13)15/h1-2,5-8,10,12,16,22H,3-4,9,11H2,(H,19,20,21). The molecule has 1 aliphatic rings. The summed E-state index contributed by atoms with van der Waals surface area (Å²) in [5, 5.41) is 20.9. The summed E-state index contributed by atoms with van der Waals surface area (Å²) in [5.74, 6) is 0.661. The molecule has 1 heterocycles. The molecule has 4 heteroatoms. The lowest BCUT2D eigenvalue weighted by atomic mass is 9.70. The van der Waals surface area contributed by atoms with Crippen molar-refractivity contribution in [3.63, 3.8) is 0 Å². The normalized spacial score (nSPS) is 25.4. The Morgan fingerprint density at radius 2 is 1.95 bits per heavy atom. The van der Waals surface area contributed by atoms with Gasteiger partial charge in [-0.15, -0.1) is 0 Å². The molecular formula is C18H19N3O. The maximum Gasteiger partial charge on any atom is 0.156 e. The number of nitrogens with one attached hydrogen (secondary N) is 1. The number of nitrogens with zero attached hydrogens (tertiary/aromatic N) is 2. The van der Waals surface area contributed by atoms with Crippen molar-refractivity contribution in [1.29, 1.82) is 0 Å². The van der Waals surface area contributed by atoms with Gasteiger partial charge in [-0.25, -0.2) is 4.98 Å². The third-order valence-electron chi connectivity index (χ3n) is 4.88. The van der Waals surface area contributed by atoms with Gasteiger partial charge in [-0.2, -0.15) is 5.10 Å². The van der Waals surface area contributed by atoms with Gasteiger partial charge >= 0.3 is 0 Å². The molecule has 1 fully saturated rings. The van der Waals surface area contributed by atoms with Crippen LogP contribution in [-0.2, 0) is 5.60 Å². The summed E-state index contributed by atoms with van der Waals surface area (Å²) in [4.78, 5) is 4.31. The first-order valence-corrected chi connectivity index (χ1v) is 7.85. The summed E-state index contributed by atoms with van der Waals surface area (Å²) in [6, 6.07) is 14.4. The Bertz CT molecular complexity index is 779. The van der Waals surface area contributed by atoms with Crippen molar-refractivity contribution in [1.82, 2.24) is 15.2 Å². The van der Waals surface area contributed by atoms with Gasteiger partial charge in [0.15, 0.2) is 5.82 Å². The third-order valence-corrected chi connectivity index (χ3v) is 4.88. The van der Waals surface area contributed by atoms with Crippen LogP contribution in [0.4, 0.5) is 0 Å². The maximum atomic E-state index is 11.6. The molecule has 0 spiro atoms. The Morgan fingerprint density at radius 3 is 2.82 bits per heavy atom. The zero-order valence-corrected chi connectivity index (χ0v) is 12.4. The minimum Gasteiger partial charge on any atom is -0.384 e. The van der Waals surface area contributed by atoms with Crippen molar-refractivity contribution in [2.24, 2.45) is 0 Å². The van der Waals surface area contributed by atoms with E-state index in [9.17, 15) is 5.11 Å². The van der Waals surface area contributed by atoms with Crippen LogP contribution in [0.15, 0.2) is 48.8 Å². The van der Waals surface area contributed by atoms with E-state index >= 15 is 0 Å². The molecule has 0 bridgehead atoms. The molecule has 1 aromatic heterocycles. The Kier molecular flexibility index (Phi) is 3.19. The second-order valence-corrected chi connectivity index (χ2v) is 6.11. The van der Waals surface area contributed by atoms with Gasteiger partial charge in [0.2, 0.25) is 0 Å². The van der Waals surface area contributed by atoms with Gasteiger partial charge in [0.1, 0.15) is 11.9 Å². The first-order valence-electron chi connectivity index (χ1n) is 7.85. The maximum absolute atomic E-state index is 11.6. The van der Waals surface area contributed by atoms with E-state index in [1.807, 2.05) is 24.3 Å². The molecule has 3 aromatic rings. The quantitative estimate of drug-likeness (QED) is 0.760. The molecule has 4 nitrogen and oxygen atoms in total. The van der Waals surface area contributed by atoms with Crippen molar-refractivity contribution in [2.75, 3.05) is 0 Å². The summed E-state index contributed by atoms with van der Waals surface area (Å²) < 4.78 is 0. The molecule has 1 saturated carbocycles. The summed E-state index contributed by atoms with van der Waals surface area (Å²) in [5.41, 5.74) is 0.0986. The second-order valence-electron chi connectivity index (χ2n) is 6.11. The molecule has 2 N–H and O–H groups in total. The first-order chi connectivity index (χ1) is 10.8. The second kappa shape index (κ2) is 5.21.